The van der Waals surface area contributed by atoms with Gasteiger partial charge in [-0.25, -0.2) is 0 Å². The summed E-state index contributed by atoms with van der Waals surface area (Å²) in [4.78, 5) is 11.0. The molecule has 0 radical (unpaired) electrons. The molecule has 0 aromatic carbocycles. The smallest absolute Gasteiger partial charge is 0.307 e. The Morgan fingerprint density at radius 3 is 2.00 bits per heavy atom. The number of hydrogen-bond donors (Lipinski definition) is 1. The van der Waals surface area contributed by atoms with Crippen molar-refractivity contribution < 1.29 is 9.90 Å². The van der Waals surface area contributed by atoms with Gasteiger partial charge in [-0.15, -0.1) is 0 Å². The van der Waals surface area contributed by atoms with Gasteiger partial charge in [0.15, 0.2) is 0 Å². The van der Waals surface area contributed by atoms with E-state index < -0.39 is 5.97 Å². The van der Waals surface area contributed by atoms with Gasteiger partial charge in [-0.2, -0.15) is 0 Å². The van der Waals surface area contributed by atoms with E-state index >= 15 is 0 Å². The van der Waals surface area contributed by atoms with Crippen molar-refractivity contribution in [2.75, 3.05) is 0 Å². The Kier molecular flexibility index (Phi) is 3.32. The topological polar surface area (TPSA) is 37.3 Å². The SMILES string of the molecule is CC(=CC1C(C(=O)O)C1(C)C)C(C)=C(C)C. The lowest BCUT2D eigenvalue weighted by Crippen LogP contribution is -2.03. The first-order chi connectivity index (χ1) is 7.19. The molecule has 0 amide bonds. The third-order valence-corrected chi connectivity index (χ3v) is 3.95. The van der Waals surface area contributed by atoms with Crippen LogP contribution in [-0.4, -0.2) is 11.1 Å². The van der Waals surface area contributed by atoms with Crippen molar-refractivity contribution in [1.82, 2.24) is 0 Å². The molecule has 16 heavy (non-hydrogen) atoms. The average Bonchev–Trinajstić information content (AvgIpc) is 2.66. The first-order valence-electron chi connectivity index (χ1n) is 5.75. The first kappa shape index (κ1) is 13.0. The van der Waals surface area contributed by atoms with Crippen LogP contribution in [0.4, 0.5) is 0 Å². The number of carboxylic acids is 1. The maximum Gasteiger partial charge on any atom is 0.307 e. The predicted octanol–water partition coefficient (Wildman–Crippen LogP) is 3.65. The average molecular weight is 222 g/mol. The zero-order valence-electron chi connectivity index (χ0n) is 11.1. The van der Waals surface area contributed by atoms with E-state index in [0.29, 0.717) is 0 Å². The molecule has 0 heterocycles. The molecule has 1 rings (SSSR count). The summed E-state index contributed by atoms with van der Waals surface area (Å²) in [7, 11) is 0. The van der Waals surface area contributed by atoms with E-state index in [9.17, 15) is 4.79 Å². The van der Waals surface area contributed by atoms with Gasteiger partial charge >= 0.3 is 5.97 Å². The second-order valence-corrected chi connectivity index (χ2v) is 5.64. The van der Waals surface area contributed by atoms with Crippen molar-refractivity contribution in [2.24, 2.45) is 17.3 Å². The second-order valence-electron chi connectivity index (χ2n) is 5.64. The lowest BCUT2D eigenvalue weighted by molar-refractivity contribution is -0.139. The Hall–Kier alpha value is -1.05. The second kappa shape index (κ2) is 4.08. The van der Waals surface area contributed by atoms with Crippen LogP contribution in [0.25, 0.3) is 0 Å². The van der Waals surface area contributed by atoms with Gasteiger partial charge in [0.1, 0.15) is 0 Å². The highest BCUT2D eigenvalue weighted by Gasteiger charge is 2.60. The molecule has 1 aliphatic carbocycles. The summed E-state index contributed by atoms with van der Waals surface area (Å²) in [5.41, 5.74) is 3.68. The number of aliphatic carboxylic acids is 1. The van der Waals surface area contributed by atoms with Crippen LogP contribution in [-0.2, 0) is 4.79 Å². The Morgan fingerprint density at radius 1 is 1.19 bits per heavy atom. The molecule has 2 unspecified atom stereocenters. The lowest BCUT2D eigenvalue weighted by atomic mass is 10.0. The number of carboxylic acid groups (broad SMARTS) is 1. The van der Waals surface area contributed by atoms with Crippen molar-refractivity contribution in [2.45, 2.75) is 41.5 Å². The van der Waals surface area contributed by atoms with Crippen molar-refractivity contribution in [3.63, 3.8) is 0 Å². The summed E-state index contributed by atoms with van der Waals surface area (Å²) in [5.74, 6) is -0.708. The van der Waals surface area contributed by atoms with Gasteiger partial charge in [-0.1, -0.05) is 31.1 Å². The summed E-state index contributed by atoms with van der Waals surface area (Å²) in [5, 5.41) is 9.08. The highest BCUT2D eigenvalue weighted by Crippen LogP contribution is 2.59. The fourth-order valence-corrected chi connectivity index (χ4v) is 2.25. The van der Waals surface area contributed by atoms with Gasteiger partial charge in [0.2, 0.25) is 0 Å². The molecule has 2 nitrogen and oxygen atoms in total. The maximum atomic E-state index is 11.0. The Bertz CT molecular complexity index is 368. The number of allylic oxidation sites excluding steroid dienone is 4. The molecule has 2 heteroatoms. The normalized spacial score (nSPS) is 27.5. The zero-order chi connectivity index (χ0) is 12.7. The van der Waals surface area contributed by atoms with Crippen LogP contribution in [0.2, 0.25) is 0 Å². The van der Waals surface area contributed by atoms with Crippen LogP contribution < -0.4 is 0 Å². The van der Waals surface area contributed by atoms with Crippen LogP contribution in [0.15, 0.2) is 22.8 Å². The van der Waals surface area contributed by atoms with Crippen LogP contribution >= 0.6 is 0 Å². The Balaban J connectivity index is 2.89. The van der Waals surface area contributed by atoms with E-state index in [1.807, 2.05) is 13.8 Å². The van der Waals surface area contributed by atoms with Crippen molar-refractivity contribution in [3.8, 4) is 0 Å². The molecular weight excluding hydrogens is 200 g/mol. The van der Waals surface area contributed by atoms with Crippen LogP contribution in [0.1, 0.15) is 41.5 Å². The van der Waals surface area contributed by atoms with E-state index in [-0.39, 0.29) is 17.3 Å². The van der Waals surface area contributed by atoms with Crippen molar-refractivity contribution >= 4 is 5.97 Å². The Labute approximate surface area is 98.1 Å². The molecule has 0 aromatic heterocycles. The number of rotatable bonds is 3. The first-order valence-corrected chi connectivity index (χ1v) is 5.75. The molecule has 0 aromatic rings. The monoisotopic (exact) mass is 222 g/mol. The third kappa shape index (κ3) is 2.21. The van der Waals surface area contributed by atoms with Gasteiger partial charge < -0.3 is 5.11 Å². The molecule has 90 valence electrons. The van der Waals surface area contributed by atoms with Gasteiger partial charge in [-0.05, 0) is 44.6 Å². The maximum absolute atomic E-state index is 11.0. The van der Waals surface area contributed by atoms with Gasteiger partial charge in [0, 0.05) is 0 Å². The van der Waals surface area contributed by atoms with E-state index in [1.54, 1.807) is 0 Å². The largest absolute Gasteiger partial charge is 0.481 e. The van der Waals surface area contributed by atoms with E-state index in [1.165, 1.54) is 16.7 Å². The van der Waals surface area contributed by atoms with Gasteiger partial charge in [0.05, 0.1) is 5.92 Å². The quantitative estimate of drug-likeness (QED) is 0.740. The van der Waals surface area contributed by atoms with Gasteiger partial charge in [-0.3, -0.25) is 4.79 Å². The summed E-state index contributed by atoms with van der Waals surface area (Å²) < 4.78 is 0. The molecular formula is C14H22O2. The predicted molar refractivity (Wildman–Crippen MR) is 66.2 cm³/mol. The van der Waals surface area contributed by atoms with Crippen LogP contribution in [0.5, 0.6) is 0 Å². The molecule has 0 bridgehead atoms. The fourth-order valence-electron chi connectivity index (χ4n) is 2.25. The van der Waals surface area contributed by atoms with Crippen molar-refractivity contribution in [3.05, 3.63) is 22.8 Å². The van der Waals surface area contributed by atoms with Gasteiger partial charge in [0.25, 0.3) is 0 Å². The minimum Gasteiger partial charge on any atom is -0.481 e. The summed E-state index contributed by atoms with van der Waals surface area (Å²) in [6, 6.07) is 0. The molecule has 1 N–H and O–H groups in total. The van der Waals surface area contributed by atoms with Crippen molar-refractivity contribution in [1.29, 1.82) is 0 Å². The molecule has 1 fully saturated rings. The van der Waals surface area contributed by atoms with Crippen LogP contribution in [0, 0.1) is 17.3 Å². The van der Waals surface area contributed by atoms with E-state index in [0.717, 1.165) is 0 Å². The number of carbonyl (C=O) groups is 1. The standard InChI is InChI=1S/C14H22O2/c1-8(2)10(4)9(3)7-11-12(13(15)16)14(11,5)6/h7,11-12H,1-6H3,(H,15,16). The minimum atomic E-state index is -0.672. The minimum absolute atomic E-state index is 0.0883. The highest BCUT2D eigenvalue weighted by atomic mass is 16.4. The third-order valence-electron chi connectivity index (χ3n) is 3.95. The molecule has 0 spiro atoms. The summed E-state index contributed by atoms with van der Waals surface area (Å²) in [6.45, 7) is 12.4. The molecule has 0 saturated heterocycles. The molecule has 1 aliphatic rings. The highest BCUT2D eigenvalue weighted by molar-refractivity contribution is 5.76. The molecule has 0 aliphatic heterocycles. The molecule has 1 saturated carbocycles. The summed E-state index contributed by atoms with van der Waals surface area (Å²) in [6.07, 6.45) is 2.13. The molecule has 2 atom stereocenters. The Morgan fingerprint density at radius 2 is 1.69 bits per heavy atom. The zero-order valence-corrected chi connectivity index (χ0v) is 11.1. The van der Waals surface area contributed by atoms with E-state index in [2.05, 4.69) is 33.8 Å². The number of hydrogen-bond acceptors (Lipinski definition) is 1. The fraction of sp³-hybridized carbons (Fsp3) is 0.643. The lowest BCUT2D eigenvalue weighted by Gasteiger charge is -2.05. The van der Waals surface area contributed by atoms with Crippen LogP contribution in [0.3, 0.4) is 0 Å². The summed E-state index contributed by atoms with van der Waals surface area (Å²) >= 11 is 0. The van der Waals surface area contributed by atoms with E-state index in [4.69, 9.17) is 5.11 Å².